The Kier molecular flexibility index (Phi) is 15.0. The molecule has 1 aromatic rings. The fraction of sp³-hybridized carbons (Fsp3) is 0.533. The van der Waals surface area contributed by atoms with Crippen LogP contribution in [0, 0.1) is 0 Å². The molecule has 3 unspecified atom stereocenters. The first-order chi connectivity index (χ1) is 21.0. The number of imide groups is 1. The molecule has 2 aliphatic rings. The van der Waals surface area contributed by atoms with Crippen molar-refractivity contribution in [1.29, 1.82) is 0 Å². The Hall–Kier alpha value is -4.30. The molecular formula is C30H41N3O11. The van der Waals surface area contributed by atoms with Crippen LogP contribution in [0.25, 0.3) is 0 Å². The highest BCUT2D eigenvalue weighted by Crippen LogP contribution is 2.30. The number of amides is 4. The van der Waals surface area contributed by atoms with Gasteiger partial charge in [-0.05, 0) is 30.5 Å². The van der Waals surface area contributed by atoms with Gasteiger partial charge in [-0.1, -0.05) is 26.3 Å². The lowest BCUT2D eigenvalue weighted by Gasteiger charge is -2.31. The first-order valence-electron chi connectivity index (χ1n) is 14.6. The summed E-state index contributed by atoms with van der Waals surface area (Å²) in [6, 6.07) is 4.63. The number of nitrogens with zero attached hydrogens (tertiary/aromatic N) is 1. The maximum atomic E-state index is 12.7. The van der Waals surface area contributed by atoms with Gasteiger partial charge in [0, 0.05) is 57.8 Å². The first-order valence-corrected chi connectivity index (χ1v) is 14.6. The average molecular weight is 620 g/mol. The zero-order chi connectivity index (χ0) is 32.6. The molecule has 0 aliphatic carbocycles. The van der Waals surface area contributed by atoms with Crippen molar-refractivity contribution in [3.63, 3.8) is 0 Å². The molecule has 0 spiro atoms. The average Bonchev–Trinajstić information content (AvgIpc) is 3.30. The number of unbranched alkanes of at least 4 members (excludes halogenated alkanes) is 2. The lowest BCUT2D eigenvalue weighted by atomic mass is 10.1. The van der Waals surface area contributed by atoms with Crippen LogP contribution >= 0.6 is 0 Å². The number of aliphatic hydroxyl groups is 1. The molecule has 242 valence electrons. The highest BCUT2D eigenvalue weighted by atomic mass is 16.7. The van der Waals surface area contributed by atoms with E-state index in [0.29, 0.717) is 31.4 Å². The maximum Gasteiger partial charge on any atom is 0.333 e. The van der Waals surface area contributed by atoms with Crippen molar-refractivity contribution < 1.29 is 53.2 Å². The van der Waals surface area contributed by atoms with E-state index in [-0.39, 0.29) is 68.0 Å². The molecule has 1 saturated heterocycles. The molecule has 44 heavy (non-hydrogen) atoms. The summed E-state index contributed by atoms with van der Waals surface area (Å²) in [7, 11) is 0. The van der Waals surface area contributed by atoms with E-state index in [9.17, 15) is 39.0 Å². The van der Waals surface area contributed by atoms with Crippen LogP contribution in [0.2, 0.25) is 0 Å². The minimum atomic E-state index is -1.25. The van der Waals surface area contributed by atoms with Gasteiger partial charge in [-0.25, -0.2) is 4.79 Å². The molecule has 0 bridgehead atoms. The molecule has 3 rings (SSSR count). The Labute approximate surface area is 255 Å². The zero-order valence-corrected chi connectivity index (χ0v) is 25.2. The number of benzene rings is 1. The Bertz CT molecular complexity index is 1200. The van der Waals surface area contributed by atoms with E-state index in [1.165, 1.54) is 31.2 Å². The van der Waals surface area contributed by atoms with Crippen molar-refractivity contribution in [1.82, 2.24) is 10.2 Å². The van der Waals surface area contributed by atoms with E-state index in [1.807, 2.05) is 13.8 Å². The van der Waals surface area contributed by atoms with Gasteiger partial charge in [0.05, 0.1) is 11.8 Å². The standard InChI is InChI=1S/C28H35N3O11.C2H6/c1-17(32)40-16-18-6-7-21(41-27-15-19(33)14-22(42-27)28(38)39)20(13-18)30-24(35)10-11-29-23(34)5-3-2-4-12-31-25(36)8-9-26(31)37;1-2/h6-9,13,19,22,27,33H,2-5,10-12,14-16H2,1H3,(H,29,34)(H,30,35)(H,38,39);1-2H3. The second-order valence-corrected chi connectivity index (χ2v) is 9.87. The number of nitrogens with one attached hydrogen (secondary N) is 2. The summed E-state index contributed by atoms with van der Waals surface area (Å²) in [5.41, 5.74) is 0.751. The van der Waals surface area contributed by atoms with E-state index in [4.69, 9.17) is 14.2 Å². The zero-order valence-electron chi connectivity index (χ0n) is 25.2. The number of carbonyl (C=O) groups excluding carboxylic acids is 5. The number of rotatable bonds is 15. The van der Waals surface area contributed by atoms with Crippen molar-refractivity contribution in [2.75, 3.05) is 18.4 Å². The fourth-order valence-corrected chi connectivity index (χ4v) is 4.29. The molecule has 4 N–H and O–H groups in total. The van der Waals surface area contributed by atoms with Gasteiger partial charge in [0.15, 0.2) is 6.10 Å². The van der Waals surface area contributed by atoms with Gasteiger partial charge < -0.3 is 35.1 Å². The molecule has 1 fully saturated rings. The number of anilines is 1. The third kappa shape index (κ3) is 12.1. The quantitative estimate of drug-likeness (QED) is 0.127. The van der Waals surface area contributed by atoms with Crippen molar-refractivity contribution in [2.24, 2.45) is 0 Å². The maximum absolute atomic E-state index is 12.7. The van der Waals surface area contributed by atoms with Crippen molar-refractivity contribution in [2.45, 2.75) is 90.8 Å². The molecule has 1 aromatic carbocycles. The Morgan fingerprint density at radius 1 is 1.00 bits per heavy atom. The number of ether oxygens (including phenoxy) is 3. The second-order valence-electron chi connectivity index (χ2n) is 9.87. The van der Waals surface area contributed by atoms with E-state index in [0.717, 1.165) is 4.90 Å². The van der Waals surface area contributed by atoms with E-state index >= 15 is 0 Å². The Balaban J connectivity index is 0.00000330. The van der Waals surface area contributed by atoms with Gasteiger partial charge >= 0.3 is 11.9 Å². The predicted octanol–water partition coefficient (Wildman–Crippen LogP) is 2.04. The van der Waals surface area contributed by atoms with Gasteiger partial charge in [-0.2, -0.15) is 0 Å². The van der Waals surface area contributed by atoms with Gasteiger partial charge in [-0.3, -0.25) is 28.9 Å². The minimum Gasteiger partial charge on any atom is -0.479 e. The van der Waals surface area contributed by atoms with Crippen LogP contribution in [0.1, 0.15) is 71.3 Å². The molecule has 0 saturated carbocycles. The smallest absolute Gasteiger partial charge is 0.333 e. The summed E-state index contributed by atoms with van der Waals surface area (Å²) in [5.74, 6) is -2.94. The number of esters is 1. The van der Waals surface area contributed by atoms with Crippen molar-refractivity contribution in [3.05, 3.63) is 35.9 Å². The number of aliphatic hydroxyl groups excluding tert-OH is 1. The lowest BCUT2D eigenvalue weighted by molar-refractivity contribution is -0.195. The topological polar surface area (TPSA) is 198 Å². The summed E-state index contributed by atoms with van der Waals surface area (Å²) >= 11 is 0. The van der Waals surface area contributed by atoms with E-state index in [2.05, 4.69) is 10.6 Å². The third-order valence-corrected chi connectivity index (χ3v) is 6.42. The van der Waals surface area contributed by atoms with Crippen LogP contribution in [0.3, 0.4) is 0 Å². The van der Waals surface area contributed by atoms with Crippen LogP contribution in [0.5, 0.6) is 5.75 Å². The van der Waals surface area contributed by atoms with Gasteiger partial charge in [0.25, 0.3) is 11.8 Å². The second kappa shape index (κ2) is 18.4. The highest BCUT2D eigenvalue weighted by molar-refractivity contribution is 6.12. The van der Waals surface area contributed by atoms with Crippen LogP contribution in [0.4, 0.5) is 5.69 Å². The first kappa shape index (κ1) is 35.9. The number of carbonyl (C=O) groups is 6. The number of carboxylic acid groups (broad SMARTS) is 1. The van der Waals surface area contributed by atoms with Crippen LogP contribution in [-0.4, -0.2) is 82.3 Å². The van der Waals surface area contributed by atoms with Gasteiger partial charge in [-0.15, -0.1) is 0 Å². The third-order valence-electron chi connectivity index (χ3n) is 6.42. The normalized spacial score (nSPS) is 19.1. The molecule has 0 radical (unpaired) electrons. The van der Waals surface area contributed by atoms with Gasteiger partial charge in [0.2, 0.25) is 18.1 Å². The van der Waals surface area contributed by atoms with Gasteiger partial charge in [0.1, 0.15) is 12.4 Å². The molecule has 0 aromatic heterocycles. The summed E-state index contributed by atoms with van der Waals surface area (Å²) in [4.78, 5) is 71.6. The SMILES string of the molecule is CC.CC(=O)OCc1ccc(OC2CC(O)CC(C(=O)O)O2)c(NC(=O)CCNC(=O)CCCCCN2C(=O)C=CC2=O)c1. The molecule has 14 heteroatoms. The van der Waals surface area contributed by atoms with E-state index < -0.39 is 36.3 Å². The molecule has 2 aliphatic heterocycles. The monoisotopic (exact) mass is 619 g/mol. The summed E-state index contributed by atoms with van der Waals surface area (Å²) in [6.45, 7) is 5.56. The van der Waals surface area contributed by atoms with Crippen LogP contribution in [-0.2, 0) is 44.8 Å². The summed E-state index contributed by atoms with van der Waals surface area (Å²) < 4.78 is 16.2. The number of carboxylic acids is 1. The Morgan fingerprint density at radius 3 is 2.36 bits per heavy atom. The van der Waals surface area contributed by atoms with Crippen molar-refractivity contribution in [3.8, 4) is 5.75 Å². The number of hydrogen-bond donors (Lipinski definition) is 4. The molecule has 4 amide bonds. The molecule has 3 atom stereocenters. The fourth-order valence-electron chi connectivity index (χ4n) is 4.29. The number of aliphatic carboxylic acids is 1. The minimum absolute atomic E-state index is 0.0180. The molecular weight excluding hydrogens is 578 g/mol. The number of hydrogen-bond acceptors (Lipinski definition) is 10. The molecule has 2 heterocycles. The van der Waals surface area contributed by atoms with E-state index in [1.54, 1.807) is 6.07 Å². The Morgan fingerprint density at radius 2 is 1.70 bits per heavy atom. The largest absolute Gasteiger partial charge is 0.479 e. The van der Waals surface area contributed by atoms with Crippen LogP contribution < -0.4 is 15.4 Å². The summed E-state index contributed by atoms with van der Waals surface area (Å²) in [5, 5.41) is 24.7. The lowest BCUT2D eigenvalue weighted by Crippen LogP contribution is -2.42. The van der Waals surface area contributed by atoms with Crippen molar-refractivity contribution >= 4 is 41.3 Å². The van der Waals surface area contributed by atoms with Crippen LogP contribution in [0.15, 0.2) is 30.4 Å². The predicted molar refractivity (Wildman–Crippen MR) is 156 cm³/mol. The summed E-state index contributed by atoms with van der Waals surface area (Å²) in [6.07, 6.45) is 1.05. The highest BCUT2D eigenvalue weighted by Gasteiger charge is 2.34. The molecule has 14 nitrogen and oxygen atoms in total.